The highest BCUT2D eigenvalue weighted by Crippen LogP contribution is 2.32. The molecule has 2 aliphatic heterocycles. The van der Waals surface area contributed by atoms with Crippen molar-refractivity contribution < 1.29 is 14.3 Å². The van der Waals surface area contributed by atoms with E-state index in [-0.39, 0.29) is 11.8 Å². The van der Waals surface area contributed by atoms with E-state index in [1.807, 2.05) is 17.0 Å². The first-order valence-electron chi connectivity index (χ1n) is 11.6. The monoisotopic (exact) mass is 438 g/mol. The average molecular weight is 439 g/mol. The number of benzene rings is 1. The number of ether oxygens (including phenoxy) is 2. The van der Waals surface area contributed by atoms with Crippen molar-refractivity contribution in [1.82, 2.24) is 14.9 Å². The molecule has 1 fully saturated rings. The van der Waals surface area contributed by atoms with Crippen molar-refractivity contribution in [3.05, 3.63) is 46.9 Å². The third kappa shape index (κ3) is 5.04. The van der Waals surface area contributed by atoms with Crippen LogP contribution in [0.4, 0.5) is 5.82 Å². The van der Waals surface area contributed by atoms with Crippen LogP contribution in [0, 0.1) is 6.92 Å². The molecule has 1 amide bonds. The summed E-state index contributed by atoms with van der Waals surface area (Å²) in [7, 11) is 3.33. The van der Waals surface area contributed by atoms with Gasteiger partial charge in [0.25, 0.3) is 0 Å². The van der Waals surface area contributed by atoms with Gasteiger partial charge < -0.3 is 19.3 Å². The van der Waals surface area contributed by atoms with Crippen LogP contribution in [0.3, 0.4) is 0 Å². The molecular weight excluding hydrogens is 404 g/mol. The van der Waals surface area contributed by atoms with Crippen LogP contribution >= 0.6 is 0 Å². The summed E-state index contributed by atoms with van der Waals surface area (Å²) in [5.41, 5.74) is 3.54. The second-order valence-electron chi connectivity index (χ2n) is 8.77. The molecule has 172 valence electrons. The molecule has 0 N–H and O–H groups in total. The molecule has 1 aromatic heterocycles. The minimum atomic E-state index is 0.158. The maximum atomic E-state index is 12.5. The number of nitrogens with zero attached hydrogens (tertiary/aromatic N) is 4. The van der Waals surface area contributed by atoms with E-state index in [2.05, 4.69) is 24.0 Å². The summed E-state index contributed by atoms with van der Waals surface area (Å²) in [6, 6.07) is 8.23. The first-order valence-corrected chi connectivity index (χ1v) is 11.6. The predicted molar refractivity (Wildman–Crippen MR) is 124 cm³/mol. The molecule has 3 heterocycles. The van der Waals surface area contributed by atoms with Gasteiger partial charge in [-0.3, -0.25) is 4.79 Å². The van der Waals surface area contributed by atoms with Crippen molar-refractivity contribution in [2.45, 2.75) is 51.5 Å². The lowest BCUT2D eigenvalue weighted by Gasteiger charge is -2.34. The number of amides is 1. The Morgan fingerprint density at radius 1 is 1.19 bits per heavy atom. The zero-order chi connectivity index (χ0) is 22.5. The fraction of sp³-hybridized carbons (Fsp3) is 0.560. The Labute approximate surface area is 190 Å². The maximum Gasteiger partial charge on any atom is 0.224 e. The molecule has 0 saturated carbocycles. The molecule has 7 heteroatoms. The van der Waals surface area contributed by atoms with Crippen LogP contribution < -0.4 is 9.64 Å². The standard InChI is InChI=1S/C25H34N4O3/c1-18-22-10-6-13-29(16-19-7-4-9-21(15-19)32-3)25(22)27-24(26-18)20-8-5-12-28(17-20)23(30)11-14-31-2/h4,7,9,15,20H,5-6,8,10-14,16-17H2,1-3H3/t20-/m1/s1. The summed E-state index contributed by atoms with van der Waals surface area (Å²) in [4.78, 5) is 26.9. The Morgan fingerprint density at radius 2 is 2.06 bits per heavy atom. The molecular formula is C25H34N4O3. The summed E-state index contributed by atoms with van der Waals surface area (Å²) in [6.45, 7) is 5.84. The fourth-order valence-electron chi connectivity index (χ4n) is 4.80. The van der Waals surface area contributed by atoms with E-state index in [9.17, 15) is 4.79 Å². The van der Waals surface area contributed by atoms with E-state index in [0.29, 0.717) is 19.6 Å². The van der Waals surface area contributed by atoms with E-state index in [4.69, 9.17) is 19.4 Å². The van der Waals surface area contributed by atoms with Gasteiger partial charge in [-0.15, -0.1) is 0 Å². The lowest BCUT2D eigenvalue weighted by molar-refractivity contribution is -0.133. The van der Waals surface area contributed by atoms with Crippen molar-refractivity contribution >= 4 is 11.7 Å². The largest absolute Gasteiger partial charge is 0.497 e. The van der Waals surface area contributed by atoms with Crippen molar-refractivity contribution in [2.24, 2.45) is 0 Å². The fourth-order valence-corrected chi connectivity index (χ4v) is 4.80. The second kappa shape index (κ2) is 10.3. The first-order chi connectivity index (χ1) is 15.6. The molecule has 32 heavy (non-hydrogen) atoms. The first kappa shape index (κ1) is 22.5. The van der Waals surface area contributed by atoms with Gasteiger partial charge in [-0.1, -0.05) is 12.1 Å². The SMILES string of the molecule is COCCC(=O)N1CCC[C@@H](c2nc(C)c3c(n2)N(Cc2cccc(OC)c2)CCC3)C1. The van der Waals surface area contributed by atoms with Gasteiger partial charge in [0, 0.05) is 50.5 Å². The number of hydrogen-bond acceptors (Lipinski definition) is 6. The zero-order valence-corrected chi connectivity index (χ0v) is 19.5. The number of likely N-dealkylation sites (tertiary alicyclic amines) is 1. The van der Waals surface area contributed by atoms with Crippen molar-refractivity contribution in [1.29, 1.82) is 0 Å². The third-order valence-electron chi connectivity index (χ3n) is 6.53. The lowest BCUT2D eigenvalue weighted by atomic mass is 9.95. The van der Waals surface area contributed by atoms with Crippen LogP contribution in [0.1, 0.15) is 54.2 Å². The summed E-state index contributed by atoms with van der Waals surface area (Å²) in [6.07, 6.45) is 4.55. The van der Waals surface area contributed by atoms with Crippen LogP contribution in [0.15, 0.2) is 24.3 Å². The Bertz CT molecular complexity index is 949. The molecule has 0 bridgehead atoms. The second-order valence-corrected chi connectivity index (χ2v) is 8.77. The molecule has 2 aromatic rings. The number of aromatic nitrogens is 2. The number of fused-ring (bicyclic) bond motifs is 1. The highest BCUT2D eigenvalue weighted by atomic mass is 16.5. The number of aryl methyl sites for hydroxylation is 1. The summed E-state index contributed by atoms with van der Waals surface area (Å²) < 4.78 is 10.5. The number of anilines is 1. The third-order valence-corrected chi connectivity index (χ3v) is 6.53. The van der Waals surface area contributed by atoms with E-state index < -0.39 is 0 Å². The number of piperidine rings is 1. The van der Waals surface area contributed by atoms with Gasteiger partial charge >= 0.3 is 0 Å². The maximum absolute atomic E-state index is 12.5. The lowest BCUT2D eigenvalue weighted by Crippen LogP contribution is -2.40. The number of carbonyl (C=O) groups is 1. The molecule has 1 saturated heterocycles. The molecule has 4 rings (SSSR count). The predicted octanol–water partition coefficient (Wildman–Crippen LogP) is 3.49. The minimum absolute atomic E-state index is 0.158. The van der Waals surface area contributed by atoms with Gasteiger partial charge in [-0.05, 0) is 50.3 Å². The van der Waals surface area contributed by atoms with E-state index in [1.165, 1.54) is 11.1 Å². The number of rotatable bonds is 7. The molecule has 2 aliphatic rings. The average Bonchev–Trinajstić information content (AvgIpc) is 2.83. The zero-order valence-electron chi connectivity index (χ0n) is 19.5. The van der Waals surface area contributed by atoms with Crippen molar-refractivity contribution in [3.63, 3.8) is 0 Å². The number of methoxy groups -OCH3 is 2. The molecule has 7 nitrogen and oxygen atoms in total. The van der Waals surface area contributed by atoms with Gasteiger partial charge in [0.1, 0.15) is 17.4 Å². The minimum Gasteiger partial charge on any atom is -0.497 e. The molecule has 0 unspecified atom stereocenters. The highest BCUT2D eigenvalue weighted by Gasteiger charge is 2.29. The summed E-state index contributed by atoms with van der Waals surface area (Å²) >= 11 is 0. The van der Waals surface area contributed by atoms with Crippen molar-refractivity contribution in [2.75, 3.05) is 45.4 Å². The normalized spacial score (nSPS) is 18.4. The van der Waals surface area contributed by atoms with Gasteiger partial charge in [0.05, 0.1) is 20.1 Å². The topological polar surface area (TPSA) is 67.8 Å². The van der Waals surface area contributed by atoms with E-state index in [1.54, 1.807) is 14.2 Å². The van der Waals surface area contributed by atoms with Gasteiger partial charge in [0.2, 0.25) is 5.91 Å². The quantitative estimate of drug-likeness (QED) is 0.659. The van der Waals surface area contributed by atoms with Crippen molar-refractivity contribution in [3.8, 4) is 5.75 Å². The van der Waals surface area contributed by atoms with Gasteiger partial charge in [-0.25, -0.2) is 9.97 Å². The van der Waals surface area contributed by atoms with E-state index >= 15 is 0 Å². The van der Waals surface area contributed by atoms with Crippen LogP contribution in [0.5, 0.6) is 5.75 Å². The van der Waals surface area contributed by atoms with Crippen LogP contribution in [-0.4, -0.2) is 61.2 Å². The van der Waals surface area contributed by atoms with Gasteiger partial charge in [-0.2, -0.15) is 0 Å². The Balaban J connectivity index is 1.56. The molecule has 0 spiro atoms. The van der Waals surface area contributed by atoms with Crippen LogP contribution in [-0.2, 0) is 22.5 Å². The summed E-state index contributed by atoms with van der Waals surface area (Å²) in [5, 5.41) is 0. The number of hydrogen-bond donors (Lipinski definition) is 0. The Kier molecular flexibility index (Phi) is 7.25. The van der Waals surface area contributed by atoms with E-state index in [0.717, 1.165) is 68.4 Å². The summed E-state index contributed by atoms with van der Waals surface area (Å²) in [5.74, 6) is 3.15. The van der Waals surface area contributed by atoms with Crippen LogP contribution in [0.25, 0.3) is 0 Å². The Morgan fingerprint density at radius 3 is 2.88 bits per heavy atom. The highest BCUT2D eigenvalue weighted by molar-refractivity contribution is 5.76. The van der Waals surface area contributed by atoms with Gasteiger partial charge in [0.15, 0.2) is 0 Å². The molecule has 1 atom stereocenters. The smallest absolute Gasteiger partial charge is 0.224 e. The molecule has 0 radical (unpaired) electrons. The molecule has 0 aliphatic carbocycles. The van der Waals surface area contributed by atoms with Crippen LogP contribution in [0.2, 0.25) is 0 Å². The Hall–Kier alpha value is -2.67. The number of carbonyl (C=O) groups excluding carboxylic acids is 1. The molecule has 1 aromatic carbocycles.